The summed E-state index contributed by atoms with van der Waals surface area (Å²) in [5, 5.41) is 17.5. The van der Waals surface area contributed by atoms with Crippen LogP contribution >= 0.6 is 0 Å². The molecule has 0 bridgehead atoms. The van der Waals surface area contributed by atoms with Crippen LogP contribution in [0.3, 0.4) is 0 Å². The zero-order valence-corrected chi connectivity index (χ0v) is 12.7. The third kappa shape index (κ3) is 4.12. The fraction of sp³-hybridized carbons (Fsp3) is 0.500. The zero-order chi connectivity index (χ0) is 15.1. The fourth-order valence-corrected chi connectivity index (χ4v) is 2.51. The molecule has 0 unspecified atom stereocenters. The molecule has 0 fully saturated rings. The van der Waals surface area contributed by atoms with Crippen molar-refractivity contribution in [3.05, 3.63) is 36.2 Å². The smallest absolute Gasteiger partial charge is 0.247 e. The number of aromatic nitrogens is 2. The maximum Gasteiger partial charge on any atom is 0.247 e. The topological polar surface area (TPSA) is 62.4 Å². The molecule has 0 radical (unpaired) electrons. The van der Waals surface area contributed by atoms with Gasteiger partial charge in [0.25, 0.3) is 0 Å². The van der Waals surface area contributed by atoms with E-state index in [4.69, 9.17) is 4.42 Å². The van der Waals surface area contributed by atoms with Crippen molar-refractivity contribution in [3.63, 3.8) is 0 Å². The first-order chi connectivity index (χ1) is 10.3. The van der Waals surface area contributed by atoms with E-state index in [0.29, 0.717) is 30.9 Å². The van der Waals surface area contributed by atoms with Crippen LogP contribution in [0.5, 0.6) is 0 Å². The summed E-state index contributed by atoms with van der Waals surface area (Å²) in [4.78, 5) is 2.20. The van der Waals surface area contributed by atoms with Crippen LogP contribution in [-0.4, -0.2) is 39.4 Å². The molecule has 0 saturated heterocycles. The third-order valence-corrected chi connectivity index (χ3v) is 3.67. The minimum absolute atomic E-state index is 0.135. The number of rotatable bonds is 8. The summed E-state index contributed by atoms with van der Waals surface area (Å²) in [6, 6.07) is 10.2. The molecule has 0 atom stereocenters. The summed E-state index contributed by atoms with van der Waals surface area (Å²) in [5.41, 5.74) is 0.924. The molecule has 5 heteroatoms. The Morgan fingerprint density at radius 1 is 1.14 bits per heavy atom. The van der Waals surface area contributed by atoms with Gasteiger partial charge in [0.2, 0.25) is 11.8 Å². The Morgan fingerprint density at radius 3 is 2.48 bits per heavy atom. The van der Waals surface area contributed by atoms with Crippen molar-refractivity contribution in [2.24, 2.45) is 0 Å². The minimum Gasteiger partial charge on any atom is -0.419 e. The van der Waals surface area contributed by atoms with Gasteiger partial charge in [-0.3, -0.25) is 4.90 Å². The maximum absolute atomic E-state index is 9.23. The number of aliphatic hydroxyl groups excluding tert-OH is 1. The lowest BCUT2D eigenvalue weighted by Gasteiger charge is -2.28. The number of nitrogens with zero attached hydrogens (tertiary/aromatic N) is 3. The normalized spacial score (nSPS) is 11.5. The van der Waals surface area contributed by atoms with Crippen LogP contribution in [0.25, 0.3) is 11.5 Å². The van der Waals surface area contributed by atoms with Gasteiger partial charge in [0, 0.05) is 18.2 Å². The van der Waals surface area contributed by atoms with Crippen molar-refractivity contribution < 1.29 is 9.52 Å². The maximum atomic E-state index is 9.23. The lowest BCUT2D eigenvalue weighted by atomic mass is 10.1. The van der Waals surface area contributed by atoms with Gasteiger partial charge in [-0.15, -0.1) is 10.2 Å². The van der Waals surface area contributed by atoms with Crippen molar-refractivity contribution in [3.8, 4) is 11.5 Å². The molecule has 1 aromatic carbocycles. The van der Waals surface area contributed by atoms with Crippen LogP contribution in [0.4, 0.5) is 0 Å². The molecule has 1 N–H and O–H groups in total. The molecule has 0 saturated carbocycles. The van der Waals surface area contributed by atoms with Crippen LogP contribution in [0.1, 0.15) is 32.6 Å². The molecule has 0 spiro atoms. The van der Waals surface area contributed by atoms with Crippen molar-refractivity contribution in [1.29, 1.82) is 0 Å². The minimum atomic E-state index is 0.135. The second kappa shape index (κ2) is 7.90. The highest BCUT2D eigenvalue weighted by atomic mass is 16.4. The van der Waals surface area contributed by atoms with Crippen molar-refractivity contribution in [1.82, 2.24) is 15.1 Å². The van der Waals surface area contributed by atoms with Gasteiger partial charge in [0.05, 0.1) is 13.2 Å². The van der Waals surface area contributed by atoms with Gasteiger partial charge in [-0.25, -0.2) is 0 Å². The molecule has 0 amide bonds. The molecule has 5 nitrogen and oxygen atoms in total. The first kappa shape index (κ1) is 15.7. The van der Waals surface area contributed by atoms with Crippen molar-refractivity contribution >= 4 is 0 Å². The Bertz CT molecular complexity index is 523. The number of hydrogen-bond acceptors (Lipinski definition) is 5. The zero-order valence-electron chi connectivity index (χ0n) is 12.7. The summed E-state index contributed by atoms with van der Waals surface area (Å²) in [6.07, 6.45) is 2.08. The van der Waals surface area contributed by atoms with E-state index in [1.54, 1.807) is 0 Å². The van der Waals surface area contributed by atoms with Gasteiger partial charge in [-0.05, 0) is 25.0 Å². The van der Waals surface area contributed by atoms with Gasteiger partial charge in [0.1, 0.15) is 0 Å². The van der Waals surface area contributed by atoms with E-state index in [2.05, 4.69) is 28.9 Å². The first-order valence-corrected chi connectivity index (χ1v) is 7.51. The molecule has 0 aliphatic rings. The molecule has 2 rings (SSSR count). The second-order valence-corrected chi connectivity index (χ2v) is 5.03. The van der Waals surface area contributed by atoms with Gasteiger partial charge in [-0.2, -0.15) is 0 Å². The van der Waals surface area contributed by atoms with Crippen LogP contribution in [0.15, 0.2) is 34.7 Å². The molecule has 0 aliphatic heterocycles. The highest BCUT2D eigenvalue weighted by Gasteiger charge is 2.18. The van der Waals surface area contributed by atoms with Gasteiger partial charge >= 0.3 is 0 Å². The number of aliphatic hydroxyl groups is 1. The summed E-state index contributed by atoms with van der Waals surface area (Å²) in [5.74, 6) is 1.13. The van der Waals surface area contributed by atoms with Crippen molar-refractivity contribution in [2.45, 2.75) is 39.3 Å². The predicted octanol–water partition coefficient (Wildman–Crippen LogP) is 2.72. The highest BCUT2D eigenvalue weighted by molar-refractivity contribution is 5.51. The lowest BCUT2D eigenvalue weighted by molar-refractivity contribution is 0.126. The highest BCUT2D eigenvalue weighted by Crippen LogP contribution is 2.19. The number of benzene rings is 1. The van der Waals surface area contributed by atoms with Gasteiger partial charge in [0.15, 0.2) is 0 Å². The predicted molar refractivity (Wildman–Crippen MR) is 81.6 cm³/mol. The Labute approximate surface area is 125 Å². The third-order valence-electron chi connectivity index (χ3n) is 3.67. The quantitative estimate of drug-likeness (QED) is 0.809. The summed E-state index contributed by atoms with van der Waals surface area (Å²) < 4.78 is 5.74. The molecule has 21 heavy (non-hydrogen) atoms. The molecular weight excluding hydrogens is 266 g/mol. The summed E-state index contributed by atoms with van der Waals surface area (Å²) >= 11 is 0. The van der Waals surface area contributed by atoms with E-state index in [-0.39, 0.29) is 6.61 Å². The first-order valence-electron chi connectivity index (χ1n) is 7.51. The standard InChI is InChI=1S/C16H23N3O2/c1-3-14(4-2)19(10-11-20)12-15-17-18-16(21-15)13-8-6-5-7-9-13/h5-9,14,20H,3-4,10-12H2,1-2H3. The van der Waals surface area contributed by atoms with E-state index in [0.717, 1.165) is 18.4 Å². The largest absolute Gasteiger partial charge is 0.419 e. The Balaban J connectivity index is 2.09. The van der Waals surface area contributed by atoms with Crippen LogP contribution in [-0.2, 0) is 6.54 Å². The molecular formula is C16H23N3O2. The molecule has 1 heterocycles. The van der Waals surface area contributed by atoms with E-state index in [1.807, 2.05) is 30.3 Å². The van der Waals surface area contributed by atoms with Crippen LogP contribution < -0.4 is 0 Å². The average molecular weight is 289 g/mol. The van der Waals surface area contributed by atoms with E-state index < -0.39 is 0 Å². The molecule has 0 aliphatic carbocycles. The SMILES string of the molecule is CCC(CC)N(CCO)Cc1nnc(-c2ccccc2)o1. The lowest BCUT2D eigenvalue weighted by Crippen LogP contribution is -2.36. The monoisotopic (exact) mass is 289 g/mol. The van der Waals surface area contributed by atoms with Crippen molar-refractivity contribution in [2.75, 3.05) is 13.2 Å². The van der Waals surface area contributed by atoms with Crippen LogP contribution in [0, 0.1) is 0 Å². The van der Waals surface area contributed by atoms with E-state index >= 15 is 0 Å². The average Bonchev–Trinajstić information content (AvgIpc) is 2.98. The summed E-state index contributed by atoms with van der Waals surface area (Å²) in [7, 11) is 0. The van der Waals surface area contributed by atoms with Gasteiger partial charge in [-0.1, -0.05) is 32.0 Å². The molecule has 1 aromatic heterocycles. The Kier molecular flexibility index (Phi) is 5.90. The van der Waals surface area contributed by atoms with E-state index in [1.165, 1.54) is 0 Å². The summed E-state index contributed by atoms with van der Waals surface area (Å²) in [6.45, 7) is 5.64. The Hall–Kier alpha value is -1.72. The molecule has 114 valence electrons. The van der Waals surface area contributed by atoms with Gasteiger partial charge < -0.3 is 9.52 Å². The van der Waals surface area contributed by atoms with E-state index in [9.17, 15) is 5.11 Å². The fourth-order valence-electron chi connectivity index (χ4n) is 2.51. The molecule has 2 aromatic rings. The second-order valence-electron chi connectivity index (χ2n) is 5.03. The Morgan fingerprint density at radius 2 is 1.86 bits per heavy atom. The van der Waals surface area contributed by atoms with Crippen LogP contribution in [0.2, 0.25) is 0 Å². The number of hydrogen-bond donors (Lipinski definition) is 1.